The standard InChI is InChI=1S/C12H15ClN2O2/c13-10-5-1-4-9(11(10)14)12(17)15-6-2-3-8(15)7-16/h1,4-5,8,16H,2-3,6-7,14H2/t8-/m0/s1. The molecular weight excluding hydrogens is 240 g/mol. The lowest BCUT2D eigenvalue weighted by Gasteiger charge is -2.23. The Kier molecular flexibility index (Phi) is 3.54. The van der Waals surface area contributed by atoms with E-state index in [0.29, 0.717) is 22.8 Å². The third-order valence-electron chi connectivity index (χ3n) is 3.13. The van der Waals surface area contributed by atoms with E-state index in [9.17, 15) is 9.90 Å². The number of rotatable bonds is 2. The predicted molar refractivity (Wildman–Crippen MR) is 67.0 cm³/mol. The van der Waals surface area contributed by atoms with Crippen molar-refractivity contribution in [1.29, 1.82) is 0 Å². The van der Waals surface area contributed by atoms with E-state index in [2.05, 4.69) is 0 Å². The molecule has 92 valence electrons. The highest BCUT2D eigenvalue weighted by Crippen LogP contribution is 2.26. The number of hydrogen-bond donors (Lipinski definition) is 2. The number of halogens is 1. The van der Waals surface area contributed by atoms with Crippen LogP contribution in [0.25, 0.3) is 0 Å². The smallest absolute Gasteiger partial charge is 0.256 e. The zero-order valence-electron chi connectivity index (χ0n) is 9.40. The summed E-state index contributed by atoms with van der Waals surface area (Å²) in [5, 5.41) is 9.59. The SMILES string of the molecule is Nc1c(Cl)cccc1C(=O)N1CCC[C@H]1CO. The largest absolute Gasteiger partial charge is 0.397 e. The molecule has 1 aliphatic heterocycles. The fourth-order valence-corrected chi connectivity index (χ4v) is 2.35. The first-order valence-corrected chi connectivity index (χ1v) is 5.98. The number of nitrogen functional groups attached to an aromatic ring is 1. The van der Waals surface area contributed by atoms with Crippen LogP contribution in [0, 0.1) is 0 Å². The lowest BCUT2D eigenvalue weighted by molar-refractivity contribution is 0.0678. The highest BCUT2D eigenvalue weighted by Gasteiger charge is 2.29. The normalized spacial score (nSPS) is 19.6. The summed E-state index contributed by atoms with van der Waals surface area (Å²) < 4.78 is 0. The first-order chi connectivity index (χ1) is 8.15. The molecule has 3 N–H and O–H groups in total. The van der Waals surface area contributed by atoms with E-state index < -0.39 is 0 Å². The van der Waals surface area contributed by atoms with Gasteiger partial charge in [-0.1, -0.05) is 17.7 Å². The van der Waals surface area contributed by atoms with Gasteiger partial charge in [0, 0.05) is 6.54 Å². The Balaban J connectivity index is 2.28. The molecule has 0 radical (unpaired) electrons. The van der Waals surface area contributed by atoms with E-state index in [0.717, 1.165) is 12.8 Å². The van der Waals surface area contributed by atoms with Crippen molar-refractivity contribution in [2.75, 3.05) is 18.9 Å². The van der Waals surface area contributed by atoms with E-state index in [1.54, 1.807) is 23.1 Å². The molecule has 17 heavy (non-hydrogen) atoms. The van der Waals surface area contributed by atoms with Crippen molar-refractivity contribution in [3.8, 4) is 0 Å². The van der Waals surface area contributed by atoms with Crippen molar-refractivity contribution in [1.82, 2.24) is 4.90 Å². The highest BCUT2D eigenvalue weighted by molar-refractivity contribution is 6.33. The molecule has 2 rings (SSSR count). The summed E-state index contributed by atoms with van der Waals surface area (Å²) >= 11 is 5.89. The second-order valence-electron chi connectivity index (χ2n) is 4.18. The summed E-state index contributed by atoms with van der Waals surface area (Å²) in [5.74, 6) is -0.151. The molecule has 0 aromatic heterocycles. The summed E-state index contributed by atoms with van der Waals surface area (Å²) in [6.45, 7) is 0.655. The van der Waals surface area contributed by atoms with Crippen molar-refractivity contribution in [2.45, 2.75) is 18.9 Å². The van der Waals surface area contributed by atoms with Crippen LogP contribution in [0.4, 0.5) is 5.69 Å². The Morgan fingerprint density at radius 3 is 3.06 bits per heavy atom. The van der Waals surface area contributed by atoms with E-state index in [4.69, 9.17) is 17.3 Å². The maximum Gasteiger partial charge on any atom is 0.256 e. The Hall–Kier alpha value is -1.26. The van der Waals surface area contributed by atoms with Gasteiger partial charge in [0.1, 0.15) is 0 Å². The Labute approximate surface area is 105 Å². The molecule has 1 heterocycles. The average molecular weight is 255 g/mol. The first kappa shape index (κ1) is 12.2. The highest BCUT2D eigenvalue weighted by atomic mass is 35.5. The van der Waals surface area contributed by atoms with Gasteiger partial charge in [-0.25, -0.2) is 0 Å². The molecule has 4 nitrogen and oxygen atoms in total. The molecule has 1 saturated heterocycles. The number of benzene rings is 1. The minimum Gasteiger partial charge on any atom is -0.397 e. The van der Waals surface area contributed by atoms with Crippen molar-refractivity contribution < 1.29 is 9.90 Å². The summed E-state index contributed by atoms with van der Waals surface area (Å²) in [6, 6.07) is 4.92. The molecule has 5 heteroatoms. The average Bonchev–Trinajstić information content (AvgIpc) is 2.80. The number of nitrogens with zero attached hydrogens (tertiary/aromatic N) is 1. The number of likely N-dealkylation sites (tertiary alicyclic amines) is 1. The summed E-state index contributed by atoms with van der Waals surface area (Å²) in [7, 11) is 0. The fraction of sp³-hybridized carbons (Fsp3) is 0.417. The van der Waals surface area contributed by atoms with Gasteiger partial charge in [0.05, 0.1) is 28.9 Å². The number of aliphatic hydroxyl groups excluding tert-OH is 1. The molecular formula is C12H15ClN2O2. The van der Waals surface area contributed by atoms with Crippen LogP contribution in [-0.4, -0.2) is 35.1 Å². The number of hydrogen-bond acceptors (Lipinski definition) is 3. The number of aliphatic hydroxyl groups is 1. The van der Waals surface area contributed by atoms with Crippen molar-refractivity contribution >= 4 is 23.2 Å². The van der Waals surface area contributed by atoms with Gasteiger partial charge in [0.15, 0.2) is 0 Å². The van der Waals surface area contributed by atoms with Crippen LogP contribution >= 0.6 is 11.6 Å². The van der Waals surface area contributed by atoms with Crippen molar-refractivity contribution in [3.05, 3.63) is 28.8 Å². The first-order valence-electron chi connectivity index (χ1n) is 5.61. The topological polar surface area (TPSA) is 66.6 Å². The number of anilines is 1. The molecule has 1 amide bonds. The summed E-state index contributed by atoms with van der Waals surface area (Å²) in [5.41, 5.74) is 6.52. The Morgan fingerprint density at radius 2 is 2.35 bits per heavy atom. The van der Waals surface area contributed by atoms with Crippen LogP contribution in [0.5, 0.6) is 0 Å². The summed E-state index contributed by atoms with van der Waals surface area (Å²) in [4.78, 5) is 13.9. The number of carbonyl (C=O) groups excluding carboxylic acids is 1. The predicted octanol–water partition coefficient (Wildman–Crippen LogP) is 1.52. The molecule has 0 unspecified atom stereocenters. The quantitative estimate of drug-likeness (QED) is 0.787. The molecule has 0 spiro atoms. The van der Waals surface area contributed by atoms with E-state index in [1.165, 1.54) is 0 Å². The monoisotopic (exact) mass is 254 g/mol. The zero-order chi connectivity index (χ0) is 12.4. The molecule has 1 fully saturated rings. The molecule has 0 aliphatic carbocycles. The minimum absolute atomic E-state index is 0.00773. The molecule has 1 aliphatic rings. The lowest BCUT2D eigenvalue weighted by atomic mass is 10.1. The van der Waals surface area contributed by atoms with Crippen molar-refractivity contribution in [3.63, 3.8) is 0 Å². The van der Waals surface area contributed by atoms with Gasteiger partial charge in [-0.3, -0.25) is 4.79 Å². The van der Waals surface area contributed by atoms with Crippen molar-refractivity contribution in [2.24, 2.45) is 0 Å². The number of amides is 1. The third-order valence-corrected chi connectivity index (χ3v) is 3.46. The second kappa shape index (κ2) is 4.94. The maximum atomic E-state index is 12.3. The van der Waals surface area contributed by atoms with Crippen LogP contribution < -0.4 is 5.73 Å². The number of para-hydroxylation sites is 1. The molecule has 0 saturated carbocycles. The zero-order valence-corrected chi connectivity index (χ0v) is 10.2. The summed E-state index contributed by atoms with van der Waals surface area (Å²) in [6.07, 6.45) is 1.75. The van der Waals surface area contributed by atoms with Gasteiger partial charge in [-0.15, -0.1) is 0 Å². The molecule has 1 aromatic carbocycles. The van der Waals surface area contributed by atoms with Crippen LogP contribution in [-0.2, 0) is 0 Å². The van der Waals surface area contributed by atoms with Gasteiger partial charge in [-0.05, 0) is 25.0 Å². The van der Waals surface area contributed by atoms with Gasteiger partial charge >= 0.3 is 0 Å². The maximum absolute atomic E-state index is 12.3. The van der Waals surface area contributed by atoms with Gasteiger partial charge in [-0.2, -0.15) is 0 Å². The van der Waals surface area contributed by atoms with Crippen LogP contribution in [0.3, 0.4) is 0 Å². The number of nitrogens with two attached hydrogens (primary N) is 1. The Morgan fingerprint density at radius 1 is 1.59 bits per heavy atom. The Bertz CT molecular complexity index is 437. The van der Waals surface area contributed by atoms with Crippen LogP contribution in [0.2, 0.25) is 5.02 Å². The van der Waals surface area contributed by atoms with Gasteiger partial charge in [0.2, 0.25) is 0 Å². The van der Waals surface area contributed by atoms with E-state index >= 15 is 0 Å². The minimum atomic E-state index is -0.151. The lowest BCUT2D eigenvalue weighted by Crippen LogP contribution is -2.37. The molecule has 1 atom stereocenters. The van der Waals surface area contributed by atoms with E-state index in [-0.39, 0.29) is 18.6 Å². The third kappa shape index (κ3) is 2.23. The van der Waals surface area contributed by atoms with Gasteiger partial charge < -0.3 is 15.7 Å². The number of carbonyl (C=O) groups is 1. The van der Waals surface area contributed by atoms with Crippen LogP contribution in [0.1, 0.15) is 23.2 Å². The van der Waals surface area contributed by atoms with Crippen LogP contribution in [0.15, 0.2) is 18.2 Å². The van der Waals surface area contributed by atoms with Gasteiger partial charge in [0.25, 0.3) is 5.91 Å². The second-order valence-corrected chi connectivity index (χ2v) is 4.59. The molecule has 1 aromatic rings. The van der Waals surface area contributed by atoms with E-state index in [1.807, 2.05) is 0 Å². The molecule has 0 bridgehead atoms. The fourth-order valence-electron chi connectivity index (χ4n) is 2.17.